The van der Waals surface area contributed by atoms with E-state index in [1.807, 2.05) is 0 Å². The monoisotopic (exact) mass is 365 g/mol. The fourth-order valence-electron chi connectivity index (χ4n) is 2.91. The number of furan rings is 1. The van der Waals surface area contributed by atoms with Crippen molar-refractivity contribution in [2.75, 3.05) is 0 Å². The van der Waals surface area contributed by atoms with Crippen LogP contribution in [0.4, 0.5) is 10.1 Å². The van der Waals surface area contributed by atoms with E-state index in [0.29, 0.717) is 34.2 Å². The van der Waals surface area contributed by atoms with Gasteiger partial charge in [-0.15, -0.1) is 0 Å². The molecular formula is C19H12FN3O4. The van der Waals surface area contributed by atoms with Crippen LogP contribution in [0, 0.1) is 15.9 Å². The minimum absolute atomic E-state index is 0.101. The summed E-state index contributed by atoms with van der Waals surface area (Å²) >= 11 is 0. The summed E-state index contributed by atoms with van der Waals surface area (Å²) < 4.78 is 21.0. The molecule has 0 unspecified atom stereocenters. The average Bonchev–Trinajstić information content (AvgIpc) is 3.28. The zero-order valence-electron chi connectivity index (χ0n) is 13.8. The Kier molecular flexibility index (Phi) is 4.00. The molecule has 0 spiro atoms. The second-order valence-corrected chi connectivity index (χ2v) is 5.88. The van der Waals surface area contributed by atoms with Crippen LogP contribution in [0.25, 0.3) is 22.4 Å². The lowest BCUT2D eigenvalue weighted by atomic mass is 10.1. The number of benzene rings is 2. The minimum atomic E-state index is -0.504. The molecule has 0 fully saturated rings. The number of aromatic nitrogens is 2. The number of rotatable bonds is 5. The van der Waals surface area contributed by atoms with Gasteiger partial charge >= 0.3 is 0 Å². The first kappa shape index (κ1) is 16.6. The highest BCUT2D eigenvalue weighted by atomic mass is 19.1. The maximum atomic E-state index is 14.0. The van der Waals surface area contributed by atoms with Crippen LogP contribution in [0.1, 0.15) is 16.1 Å². The molecule has 2 aromatic carbocycles. The number of hydrogen-bond acceptors (Lipinski definition) is 5. The van der Waals surface area contributed by atoms with Crippen molar-refractivity contribution in [3.63, 3.8) is 0 Å². The van der Waals surface area contributed by atoms with E-state index in [-0.39, 0.29) is 23.8 Å². The Labute approximate surface area is 151 Å². The predicted molar refractivity (Wildman–Crippen MR) is 95.0 cm³/mol. The Morgan fingerprint density at radius 3 is 2.70 bits per heavy atom. The van der Waals surface area contributed by atoms with Gasteiger partial charge in [0.2, 0.25) is 0 Å². The Balaban J connectivity index is 1.90. The van der Waals surface area contributed by atoms with Crippen molar-refractivity contribution < 1.29 is 18.5 Å². The molecule has 2 heterocycles. The quantitative estimate of drug-likeness (QED) is 0.300. The van der Waals surface area contributed by atoms with Crippen molar-refractivity contribution >= 4 is 22.9 Å². The number of non-ortho nitro benzene ring substituents is 1. The lowest BCUT2D eigenvalue weighted by molar-refractivity contribution is -0.384. The number of nitrogens with zero attached hydrogens (tertiary/aromatic N) is 3. The SMILES string of the molecule is O=Cc1ccc(-c2nn(Cc3ccccc3F)c3ccc([N+](=O)[O-])cc23)o1. The Morgan fingerprint density at radius 1 is 1.19 bits per heavy atom. The predicted octanol–water partition coefficient (Wildman–Crippen LogP) is 4.20. The lowest BCUT2D eigenvalue weighted by Gasteiger charge is -2.05. The Morgan fingerprint density at radius 2 is 2.00 bits per heavy atom. The normalized spacial score (nSPS) is 11.0. The van der Waals surface area contributed by atoms with E-state index < -0.39 is 4.92 Å². The van der Waals surface area contributed by atoms with Gasteiger partial charge < -0.3 is 4.42 Å². The highest BCUT2D eigenvalue weighted by Crippen LogP contribution is 2.32. The highest BCUT2D eigenvalue weighted by molar-refractivity contribution is 5.94. The summed E-state index contributed by atoms with van der Waals surface area (Å²) in [4.78, 5) is 21.5. The van der Waals surface area contributed by atoms with Crippen molar-refractivity contribution in [1.29, 1.82) is 0 Å². The number of aldehydes is 1. The number of carbonyl (C=O) groups is 1. The molecule has 0 radical (unpaired) electrons. The molecule has 0 aliphatic rings. The molecule has 27 heavy (non-hydrogen) atoms. The van der Waals surface area contributed by atoms with Gasteiger partial charge in [0.05, 0.1) is 17.0 Å². The van der Waals surface area contributed by atoms with E-state index in [9.17, 15) is 19.3 Å². The molecule has 0 N–H and O–H groups in total. The molecule has 4 rings (SSSR count). The van der Waals surface area contributed by atoms with Crippen LogP contribution in [-0.4, -0.2) is 21.0 Å². The number of halogens is 1. The molecule has 0 aliphatic carbocycles. The van der Waals surface area contributed by atoms with Gasteiger partial charge in [0, 0.05) is 23.1 Å². The van der Waals surface area contributed by atoms with Crippen molar-refractivity contribution in [3.8, 4) is 11.5 Å². The number of fused-ring (bicyclic) bond motifs is 1. The average molecular weight is 365 g/mol. The van der Waals surface area contributed by atoms with Crippen molar-refractivity contribution in [2.45, 2.75) is 6.54 Å². The first-order chi connectivity index (χ1) is 13.1. The first-order valence-corrected chi connectivity index (χ1v) is 8.00. The number of carbonyl (C=O) groups excluding carboxylic acids is 1. The molecule has 0 atom stereocenters. The van der Waals surface area contributed by atoms with Crippen LogP contribution in [-0.2, 0) is 6.54 Å². The van der Waals surface area contributed by atoms with Crippen LogP contribution in [0.5, 0.6) is 0 Å². The molecule has 8 heteroatoms. The van der Waals surface area contributed by atoms with Gasteiger partial charge in [0.15, 0.2) is 17.8 Å². The summed E-state index contributed by atoms with van der Waals surface area (Å²) in [6.45, 7) is 0.141. The fraction of sp³-hybridized carbons (Fsp3) is 0.0526. The minimum Gasteiger partial charge on any atom is -0.452 e. The van der Waals surface area contributed by atoms with Gasteiger partial charge in [-0.25, -0.2) is 4.39 Å². The van der Waals surface area contributed by atoms with Gasteiger partial charge in [0.1, 0.15) is 11.5 Å². The summed E-state index contributed by atoms with van der Waals surface area (Å²) in [5, 5.41) is 16.1. The van der Waals surface area contributed by atoms with Crippen molar-refractivity contribution in [2.24, 2.45) is 0 Å². The van der Waals surface area contributed by atoms with Gasteiger partial charge in [-0.05, 0) is 24.3 Å². The fourth-order valence-corrected chi connectivity index (χ4v) is 2.91. The summed E-state index contributed by atoms with van der Waals surface area (Å²) in [6.07, 6.45) is 0.560. The number of hydrogen-bond donors (Lipinski definition) is 0. The van der Waals surface area contributed by atoms with E-state index in [1.54, 1.807) is 35.0 Å². The molecule has 0 bridgehead atoms. The summed E-state index contributed by atoms with van der Waals surface area (Å²) in [5.41, 5.74) is 1.26. The molecule has 0 saturated heterocycles. The smallest absolute Gasteiger partial charge is 0.270 e. The zero-order valence-corrected chi connectivity index (χ0v) is 13.8. The Bertz CT molecular complexity index is 1180. The second kappa shape index (κ2) is 6.49. The molecular weight excluding hydrogens is 353 g/mol. The van der Waals surface area contributed by atoms with Gasteiger partial charge in [-0.1, -0.05) is 18.2 Å². The molecule has 7 nitrogen and oxygen atoms in total. The summed E-state index contributed by atoms with van der Waals surface area (Å²) in [6, 6.07) is 13.7. The summed E-state index contributed by atoms with van der Waals surface area (Å²) in [5.74, 6) is 0.0490. The highest BCUT2D eigenvalue weighted by Gasteiger charge is 2.19. The largest absolute Gasteiger partial charge is 0.452 e. The second-order valence-electron chi connectivity index (χ2n) is 5.88. The maximum absolute atomic E-state index is 14.0. The molecule has 2 aromatic heterocycles. The van der Waals surface area contributed by atoms with Crippen LogP contribution in [0.2, 0.25) is 0 Å². The van der Waals surface area contributed by atoms with Gasteiger partial charge in [0.25, 0.3) is 5.69 Å². The van der Waals surface area contributed by atoms with Crippen LogP contribution >= 0.6 is 0 Å². The third kappa shape index (κ3) is 2.97. The van der Waals surface area contributed by atoms with E-state index in [1.165, 1.54) is 24.3 Å². The van der Waals surface area contributed by atoms with Crippen LogP contribution < -0.4 is 0 Å². The van der Waals surface area contributed by atoms with Crippen molar-refractivity contribution in [3.05, 3.63) is 81.9 Å². The van der Waals surface area contributed by atoms with E-state index in [4.69, 9.17) is 4.42 Å². The number of nitro benzene ring substituents is 1. The van der Waals surface area contributed by atoms with Gasteiger partial charge in [-0.2, -0.15) is 5.10 Å². The molecule has 0 aliphatic heterocycles. The molecule has 0 amide bonds. The Hall–Kier alpha value is -3.81. The number of nitro groups is 1. The standard InChI is InChI=1S/C19H12FN3O4/c20-16-4-2-1-3-12(16)10-22-17-7-5-13(23(25)26)9-15(17)19(21-22)18-8-6-14(11-24)27-18/h1-9,11H,10H2. The van der Waals surface area contributed by atoms with Crippen LogP contribution in [0.15, 0.2) is 59.0 Å². The van der Waals surface area contributed by atoms with Crippen molar-refractivity contribution in [1.82, 2.24) is 9.78 Å². The zero-order chi connectivity index (χ0) is 19.0. The third-order valence-corrected chi connectivity index (χ3v) is 4.20. The first-order valence-electron chi connectivity index (χ1n) is 8.00. The summed E-state index contributed by atoms with van der Waals surface area (Å²) in [7, 11) is 0. The third-order valence-electron chi connectivity index (χ3n) is 4.20. The molecule has 0 saturated carbocycles. The molecule has 134 valence electrons. The van der Waals surface area contributed by atoms with E-state index in [2.05, 4.69) is 5.10 Å². The lowest BCUT2D eigenvalue weighted by Crippen LogP contribution is -2.03. The topological polar surface area (TPSA) is 91.2 Å². The van der Waals surface area contributed by atoms with E-state index in [0.717, 1.165) is 0 Å². The van der Waals surface area contributed by atoms with Crippen LogP contribution in [0.3, 0.4) is 0 Å². The van der Waals surface area contributed by atoms with E-state index >= 15 is 0 Å². The molecule has 4 aromatic rings. The van der Waals surface area contributed by atoms with Gasteiger partial charge in [-0.3, -0.25) is 19.6 Å². The maximum Gasteiger partial charge on any atom is 0.270 e.